The van der Waals surface area contributed by atoms with Gasteiger partial charge in [-0.2, -0.15) is 0 Å². The number of nitrogens with zero attached hydrogens (tertiary/aromatic N) is 3. The molecule has 0 unspecified atom stereocenters. The SMILES string of the molecule is O=C(O)c1sc(-n2cnc3ccc(O)cc32)nc1-c1cccc(Cl)c1. The summed E-state index contributed by atoms with van der Waals surface area (Å²) in [5.74, 6) is -0.967. The molecule has 25 heavy (non-hydrogen) atoms. The molecular weight excluding hydrogens is 362 g/mol. The minimum absolute atomic E-state index is 0.0966. The average molecular weight is 372 g/mol. The third-order valence-corrected chi connectivity index (χ3v) is 4.92. The maximum Gasteiger partial charge on any atom is 0.348 e. The van der Waals surface area contributed by atoms with Crippen LogP contribution in [0.4, 0.5) is 0 Å². The number of rotatable bonds is 3. The molecule has 4 rings (SSSR count). The number of hydrogen-bond acceptors (Lipinski definition) is 5. The first-order valence-electron chi connectivity index (χ1n) is 7.19. The third-order valence-electron chi connectivity index (χ3n) is 3.65. The minimum atomic E-state index is -1.06. The molecule has 0 fully saturated rings. The normalized spacial score (nSPS) is 11.1. The Balaban J connectivity index is 1.93. The topological polar surface area (TPSA) is 88.2 Å². The summed E-state index contributed by atoms with van der Waals surface area (Å²) in [6.07, 6.45) is 1.55. The Morgan fingerprint density at radius 3 is 2.80 bits per heavy atom. The summed E-state index contributed by atoms with van der Waals surface area (Å²) in [6, 6.07) is 11.7. The number of aromatic carboxylic acids is 1. The summed E-state index contributed by atoms with van der Waals surface area (Å²) in [4.78, 5) is 20.5. The molecular formula is C17H10ClN3O3S. The molecule has 0 bridgehead atoms. The number of carboxylic acid groups (broad SMARTS) is 1. The Kier molecular flexibility index (Phi) is 3.67. The molecule has 0 aliphatic heterocycles. The van der Waals surface area contributed by atoms with Gasteiger partial charge in [-0.1, -0.05) is 35.1 Å². The number of thiazole rings is 1. The van der Waals surface area contributed by atoms with Gasteiger partial charge in [0.1, 0.15) is 17.0 Å². The monoisotopic (exact) mass is 371 g/mol. The molecule has 4 aromatic rings. The number of benzene rings is 2. The molecule has 2 heterocycles. The quantitative estimate of drug-likeness (QED) is 0.563. The zero-order valence-corrected chi connectivity index (χ0v) is 14.1. The number of hydrogen-bond donors (Lipinski definition) is 2. The summed E-state index contributed by atoms with van der Waals surface area (Å²) < 4.78 is 1.65. The molecule has 2 aromatic carbocycles. The number of aromatic hydroxyl groups is 1. The van der Waals surface area contributed by atoms with Gasteiger partial charge in [0.15, 0.2) is 5.13 Å². The van der Waals surface area contributed by atoms with Gasteiger partial charge < -0.3 is 10.2 Å². The summed E-state index contributed by atoms with van der Waals surface area (Å²) >= 11 is 7.05. The standard InChI is InChI=1S/C17H10ClN3O3S/c18-10-3-1-2-9(6-10)14-15(16(23)24)25-17(20-14)21-8-19-12-5-4-11(22)7-13(12)21/h1-8,22H,(H,23,24). The van der Waals surface area contributed by atoms with Crippen LogP contribution in [0.1, 0.15) is 9.67 Å². The van der Waals surface area contributed by atoms with E-state index in [-0.39, 0.29) is 10.6 Å². The summed E-state index contributed by atoms with van der Waals surface area (Å²) in [5, 5.41) is 20.2. The van der Waals surface area contributed by atoms with Gasteiger partial charge >= 0.3 is 5.97 Å². The highest BCUT2D eigenvalue weighted by atomic mass is 35.5. The molecule has 0 radical (unpaired) electrons. The van der Waals surface area contributed by atoms with Gasteiger partial charge in [0.25, 0.3) is 0 Å². The van der Waals surface area contributed by atoms with Gasteiger partial charge in [-0.25, -0.2) is 14.8 Å². The second kappa shape index (κ2) is 5.87. The molecule has 2 aromatic heterocycles. The van der Waals surface area contributed by atoms with Gasteiger partial charge in [-0.3, -0.25) is 4.57 Å². The van der Waals surface area contributed by atoms with Crippen LogP contribution in [0.3, 0.4) is 0 Å². The molecule has 0 aliphatic carbocycles. The van der Waals surface area contributed by atoms with E-state index in [4.69, 9.17) is 11.6 Å². The van der Waals surface area contributed by atoms with Gasteiger partial charge in [-0.05, 0) is 24.3 Å². The number of imidazole rings is 1. The predicted octanol–water partition coefficient (Wildman–Crippen LogP) is 4.21. The lowest BCUT2D eigenvalue weighted by molar-refractivity contribution is 0.0702. The third kappa shape index (κ3) is 2.73. The van der Waals surface area contributed by atoms with Crippen molar-refractivity contribution in [3.63, 3.8) is 0 Å². The molecule has 124 valence electrons. The van der Waals surface area contributed by atoms with E-state index in [1.54, 1.807) is 53.4 Å². The lowest BCUT2D eigenvalue weighted by Gasteiger charge is -2.00. The molecule has 0 aliphatic rings. The molecule has 8 heteroatoms. The van der Waals surface area contributed by atoms with E-state index in [0.29, 0.717) is 32.4 Å². The van der Waals surface area contributed by atoms with Crippen LogP contribution in [0.25, 0.3) is 27.4 Å². The lowest BCUT2D eigenvalue weighted by Crippen LogP contribution is -1.95. The van der Waals surface area contributed by atoms with E-state index in [1.807, 2.05) is 0 Å². The number of carbonyl (C=O) groups is 1. The minimum Gasteiger partial charge on any atom is -0.508 e. The smallest absolute Gasteiger partial charge is 0.348 e. The number of halogens is 1. The maximum atomic E-state index is 11.7. The van der Waals surface area contributed by atoms with E-state index in [9.17, 15) is 15.0 Å². The fourth-order valence-electron chi connectivity index (χ4n) is 2.54. The summed E-state index contributed by atoms with van der Waals surface area (Å²) in [5.41, 5.74) is 2.29. The fourth-order valence-corrected chi connectivity index (χ4v) is 3.64. The molecule has 2 N–H and O–H groups in total. The van der Waals surface area contributed by atoms with E-state index >= 15 is 0 Å². The Morgan fingerprint density at radius 2 is 2.04 bits per heavy atom. The highest BCUT2D eigenvalue weighted by molar-refractivity contribution is 7.16. The number of phenols is 1. The lowest BCUT2D eigenvalue weighted by atomic mass is 10.1. The molecule has 0 saturated heterocycles. The molecule has 0 amide bonds. The van der Waals surface area contributed by atoms with E-state index in [0.717, 1.165) is 11.3 Å². The van der Waals surface area contributed by atoms with Crippen molar-refractivity contribution in [3.8, 4) is 22.1 Å². The highest BCUT2D eigenvalue weighted by Gasteiger charge is 2.21. The zero-order valence-electron chi connectivity index (χ0n) is 12.5. The van der Waals surface area contributed by atoms with Crippen molar-refractivity contribution in [1.29, 1.82) is 0 Å². The van der Waals surface area contributed by atoms with Crippen LogP contribution < -0.4 is 0 Å². The first-order chi connectivity index (χ1) is 12.0. The Hall–Kier alpha value is -2.90. The maximum absolute atomic E-state index is 11.7. The Labute approximate surface area is 150 Å². The summed E-state index contributed by atoms with van der Waals surface area (Å²) in [6.45, 7) is 0. The van der Waals surface area contributed by atoms with Gasteiger partial charge in [0.05, 0.1) is 16.7 Å². The van der Waals surface area contributed by atoms with Crippen LogP contribution in [0.15, 0.2) is 48.8 Å². The van der Waals surface area contributed by atoms with Crippen molar-refractivity contribution in [2.45, 2.75) is 0 Å². The zero-order chi connectivity index (χ0) is 17.6. The second-order valence-corrected chi connectivity index (χ2v) is 6.69. The fraction of sp³-hybridized carbons (Fsp3) is 0. The van der Waals surface area contributed by atoms with Gasteiger partial charge in [0.2, 0.25) is 0 Å². The average Bonchev–Trinajstić information content (AvgIpc) is 3.18. The van der Waals surface area contributed by atoms with Gasteiger partial charge in [0, 0.05) is 16.7 Å². The van der Waals surface area contributed by atoms with Crippen molar-refractivity contribution in [1.82, 2.24) is 14.5 Å². The van der Waals surface area contributed by atoms with Crippen LogP contribution in [-0.4, -0.2) is 30.7 Å². The van der Waals surface area contributed by atoms with Crippen LogP contribution in [0.2, 0.25) is 5.02 Å². The van der Waals surface area contributed by atoms with E-state index < -0.39 is 5.97 Å². The largest absolute Gasteiger partial charge is 0.508 e. The highest BCUT2D eigenvalue weighted by Crippen LogP contribution is 2.33. The van der Waals surface area contributed by atoms with Crippen LogP contribution in [0, 0.1) is 0 Å². The number of aromatic nitrogens is 3. The van der Waals surface area contributed by atoms with E-state index in [2.05, 4.69) is 9.97 Å². The van der Waals surface area contributed by atoms with Crippen molar-refractivity contribution in [2.75, 3.05) is 0 Å². The van der Waals surface area contributed by atoms with Gasteiger partial charge in [-0.15, -0.1) is 0 Å². The number of fused-ring (bicyclic) bond motifs is 1. The van der Waals surface area contributed by atoms with Crippen molar-refractivity contribution in [3.05, 3.63) is 58.7 Å². The van der Waals surface area contributed by atoms with Crippen LogP contribution >= 0.6 is 22.9 Å². The van der Waals surface area contributed by atoms with E-state index in [1.165, 1.54) is 0 Å². The van der Waals surface area contributed by atoms with Crippen LogP contribution in [0.5, 0.6) is 5.75 Å². The second-order valence-electron chi connectivity index (χ2n) is 5.28. The number of carboxylic acids is 1. The first-order valence-corrected chi connectivity index (χ1v) is 8.39. The molecule has 0 spiro atoms. The Morgan fingerprint density at radius 1 is 1.20 bits per heavy atom. The van der Waals surface area contributed by atoms with Crippen molar-refractivity contribution in [2.24, 2.45) is 0 Å². The molecule has 6 nitrogen and oxygen atoms in total. The van der Waals surface area contributed by atoms with Crippen molar-refractivity contribution >= 4 is 39.9 Å². The molecule has 0 saturated carbocycles. The molecule has 0 atom stereocenters. The number of phenolic OH excluding ortho intramolecular Hbond substituents is 1. The Bertz CT molecular complexity index is 1120. The summed E-state index contributed by atoms with van der Waals surface area (Å²) in [7, 11) is 0. The predicted molar refractivity (Wildman–Crippen MR) is 95.8 cm³/mol. The first kappa shape index (κ1) is 15.6. The van der Waals surface area contributed by atoms with Crippen LogP contribution in [-0.2, 0) is 0 Å². The van der Waals surface area contributed by atoms with Crippen molar-refractivity contribution < 1.29 is 15.0 Å².